The molecule has 0 radical (unpaired) electrons. The number of likely N-dealkylation sites (N-methyl/N-ethyl adjacent to an activating group) is 1. The second-order valence-electron chi connectivity index (χ2n) is 5.73. The molecule has 19 heavy (non-hydrogen) atoms. The van der Waals surface area contributed by atoms with Crippen molar-refractivity contribution >= 4 is 5.69 Å². The van der Waals surface area contributed by atoms with E-state index in [2.05, 4.69) is 28.4 Å². The van der Waals surface area contributed by atoms with Gasteiger partial charge in [0.25, 0.3) is 0 Å². The minimum absolute atomic E-state index is 0.339. The molecule has 0 aromatic heterocycles. The van der Waals surface area contributed by atoms with Crippen LogP contribution in [0.25, 0.3) is 0 Å². The highest BCUT2D eigenvalue weighted by Crippen LogP contribution is 2.30. The van der Waals surface area contributed by atoms with Crippen LogP contribution in [0.4, 0.5) is 5.69 Å². The van der Waals surface area contributed by atoms with Gasteiger partial charge in [0.1, 0.15) is 0 Å². The number of fused-ring (bicyclic) bond motifs is 1. The van der Waals surface area contributed by atoms with E-state index in [1.165, 1.54) is 47.8 Å². The Balaban J connectivity index is 1.84. The summed E-state index contributed by atoms with van der Waals surface area (Å²) >= 11 is 0. The number of benzene rings is 1. The Morgan fingerprint density at radius 3 is 2.89 bits per heavy atom. The van der Waals surface area contributed by atoms with E-state index in [1.807, 2.05) is 0 Å². The van der Waals surface area contributed by atoms with Gasteiger partial charge in [-0.25, -0.2) is 0 Å². The maximum Gasteiger partial charge on any atom is 0.0402 e. The van der Waals surface area contributed by atoms with Gasteiger partial charge in [-0.05, 0) is 36.5 Å². The molecule has 1 aromatic rings. The largest absolute Gasteiger partial charge is 0.371 e. The molecule has 1 atom stereocenters. The summed E-state index contributed by atoms with van der Waals surface area (Å²) in [7, 11) is 1.71. The third-order valence-corrected chi connectivity index (χ3v) is 4.21. The number of hydrogen-bond acceptors (Lipinski definition) is 4. The zero-order valence-electron chi connectivity index (χ0n) is 11.6. The van der Waals surface area contributed by atoms with Gasteiger partial charge in [0.15, 0.2) is 0 Å². The smallest absolute Gasteiger partial charge is 0.0402 e. The van der Waals surface area contributed by atoms with Gasteiger partial charge in [-0.1, -0.05) is 12.1 Å². The normalized spacial score (nSPS) is 22.9. The molecule has 104 valence electrons. The Kier molecular flexibility index (Phi) is 3.73. The number of hydroxylamine groups is 2. The van der Waals surface area contributed by atoms with Crippen molar-refractivity contribution in [2.75, 3.05) is 31.6 Å². The Morgan fingerprint density at radius 1 is 1.37 bits per heavy atom. The summed E-state index contributed by atoms with van der Waals surface area (Å²) in [5.41, 5.74) is 4.32. The van der Waals surface area contributed by atoms with E-state index in [-0.39, 0.29) is 0 Å². The van der Waals surface area contributed by atoms with Crippen molar-refractivity contribution in [2.45, 2.75) is 31.8 Å². The molecule has 0 saturated carbocycles. The van der Waals surface area contributed by atoms with Gasteiger partial charge in [-0.3, -0.25) is 0 Å². The number of rotatable bonds is 3. The summed E-state index contributed by atoms with van der Waals surface area (Å²) in [6, 6.07) is 6.99. The fourth-order valence-electron chi connectivity index (χ4n) is 3.30. The molecule has 1 aromatic carbocycles. The summed E-state index contributed by atoms with van der Waals surface area (Å²) < 4.78 is 0. The summed E-state index contributed by atoms with van der Waals surface area (Å²) in [6.45, 7) is 3.96. The van der Waals surface area contributed by atoms with Crippen LogP contribution >= 0.6 is 0 Å². The van der Waals surface area contributed by atoms with Crippen LogP contribution in [0.2, 0.25) is 0 Å². The molecule has 3 rings (SSSR count). The zero-order valence-corrected chi connectivity index (χ0v) is 11.6. The van der Waals surface area contributed by atoms with Crippen LogP contribution in [0.3, 0.4) is 0 Å². The van der Waals surface area contributed by atoms with E-state index in [0.29, 0.717) is 12.6 Å². The molecule has 0 spiro atoms. The van der Waals surface area contributed by atoms with E-state index in [1.54, 1.807) is 7.05 Å². The molecule has 0 amide bonds. The van der Waals surface area contributed by atoms with Crippen LogP contribution in [-0.4, -0.2) is 43.0 Å². The molecule has 2 aliphatic rings. The first-order valence-corrected chi connectivity index (χ1v) is 7.23. The van der Waals surface area contributed by atoms with E-state index in [4.69, 9.17) is 0 Å². The monoisotopic (exact) mass is 261 g/mol. The van der Waals surface area contributed by atoms with Gasteiger partial charge in [0.2, 0.25) is 0 Å². The molecule has 4 heteroatoms. The first-order valence-electron chi connectivity index (χ1n) is 7.23. The molecule has 2 N–H and O–H groups in total. The molecule has 1 unspecified atom stereocenters. The second-order valence-corrected chi connectivity index (χ2v) is 5.73. The molecule has 0 aliphatic carbocycles. The van der Waals surface area contributed by atoms with Crippen LogP contribution in [0.15, 0.2) is 18.2 Å². The lowest BCUT2D eigenvalue weighted by Crippen LogP contribution is -2.43. The van der Waals surface area contributed by atoms with E-state index < -0.39 is 0 Å². The molecular formula is C15H23N3O. The van der Waals surface area contributed by atoms with Crippen LogP contribution < -0.4 is 10.2 Å². The van der Waals surface area contributed by atoms with Gasteiger partial charge in [-0.15, -0.1) is 0 Å². The number of nitrogens with one attached hydrogen (secondary N) is 1. The van der Waals surface area contributed by atoms with Gasteiger partial charge < -0.3 is 15.4 Å². The minimum Gasteiger partial charge on any atom is -0.371 e. The highest BCUT2D eigenvalue weighted by Gasteiger charge is 2.24. The van der Waals surface area contributed by atoms with Crippen LogP contribution in [0.5, 0.6) is 0 Å². The summed E-state index contributed by atoms with van der Waals surface area (Å²) in [4.78, 5) is 2.52. The average Bonchev–Trinajstić information content (AvgIpc) is 2.91. The topological polar surface area (TPSA) is 38.7 Å². The van der Waals surface area contributed by atoms with Crippen LogP contribution in [0, 0.1) is 0 Å². The molecule has 1 saturated heterocycles. The van der Waals surface area contributed by atoms with Crippen molar-refractivity contribution in [3.63, 3.8) is 0 Å². The van der Waals surface area contributed by atoms with Crippen molar-refractivity contribution in [1.29, 1.82) is 0 Å². The van der Waals surface area contributed by atoms with Crippen LogP contribution in [0.1, 0.15) is 24.0 Å². The molecule has 2 heterocycles. The molecule has 0 bridgehead atoms. The Labute approximate surface area is 115 Å². The van der Waals surface area contributed by atoms with Crippen molar-refractivity contribution in [1.82, 2.24) is 10.4 Å². The third kappa shape index (κ3) is 2.76. The van der Waals surface area contributed by atoms with Crippen molar-refractivity contribution in [3.8, 4) is 0 Å². The standard InChI is InChI=1S/C15H23N3O/c1-17(19)11-13-9-14-12(10-16-13)5-4-6-15(14)18-7-2-3-8-18/h4-6,13,16,19H,2-3,7-11H2,1H3. The van der Waals surface area contributed by atoms with Gasteiger partial charge in [0.05, 0.1) is 0 Å². The fourth-order valence-corrected chi connectivity index (χ4v) is 3.30. The van der Waals surface area contributed by atoms with Crippen molar-refractivity contribution < 1.29 is 5.21 Å². The first kappa shape index (κ1) is 12.9. The van der Waals surface area contributed by atoms with Crippen molar-refractivity contribution in [2.24, 2.45) is 0 Å². The van der Waals surface area contributed by atoms with Crippen LogP contribution in [-0.2, 0) is 13.0 Å². The first-order chi connectivity index (χ1) is 9.24. The Hall–Kier alpha value is -1.10. The molecule has 2 aliphatic heterocycles. The lowest BCUT2D eigenvalue weighted by Gasteiger charge is -2.31. The Morgan fingerprint density at radius 2 is 2.16 bits per heavy atom. The average molecular weight is 261 g/mol. The SMILES string of the molecule is CN(O)CC1Cc2c(cccc2N2CCCC2)CN1. The van der Waals surface area contributed by atoms with Gasteiger partial charge in [-0.2, -0.15) is 5.06 Å². The number of hydrogen-bond donors (Lipinski definition) is 2. The highest BCUT2D eigenvalue weighted by molar-refractivity contribution is 5.58. The van der Waals surface area contributed by atoms with E-state index in [0.717, 1.165) is 13.0 Å². The number of nitrogens with zero attached hydrogens (tertiary/aromatic N) is 2. The fraction of sp³-hybridized carbons (Fsp3) is 0.600. The van der Waals surface area contributed by atoms with Crippen molar-refractivity contribution in [3.05, 3.63) is 29.3 Å². The van der Waals surface area contributed by atoms with Gasteiger partial charge >= 0.3 is 0 Å². The Bertz CT molecular complexity index is 441. The predicted molar refractivity (Wildman–Crippen MR) is 76.6 cm³/mol. The quantitative estimate of drug-likeness (QED) is 0.811. The summed E-state index contributed by atoms with van der Waals surface area (Å²) in [6.07, 6.45) is 3.63. The highest BCUT2D eigenvalue weighted by atomic mass is 16.5. The summed E-state index contributed by atoms with van der Waals surface area (Å²) in [5, 5.41) is 14.2. The molecular weight excluding hydrogens is 238 g/mol. The minimum atomic E-state index is 0.339. The predicted octanol–water partition coefficient (Wildman–Crippen LogP) is 1.62. The maximum absolute atomic E-state index is 9.42. The van der Waals surface area contributed by atoms with E-state index in [9.17, 15) is 5.21 Å². The second kappa shape index (κ2) is 5.49. The lowest BCUT2D eigenvalue weighted by molar-refractivity contribution is -0.0715. The zero-order chi connectivity index (χ0) is 13.2. The maximum atomic E-state index is 9.42. The van der Waals surface area contributed by atoms with E-state index >= 15 is 0 Å². The molecule has 1 fully saturated rings. The molecule has 4 nitrogen and oxygen atoms in total. The van der Waals surface area contributed by atoms with Gasteiger partial charge in [0, 0.05) is 45.0 Å². The number of anilines is 1. The lowest BCUT2D eigenvalue weighted by atomic mass is 9.93. The third-order valence-electron chi connectivity index (χ3n) is 4.21. The summed E-state index contributed by atoms with van der Waals surface area (Å²) in [5.74, 6) is 0.